The first-order chi connectivity index (χ1) is 12.6. The zero-order chi connectivity index (χ0) is 19.3. The first-order valence-corrected chi connectivity index (χ1v) is 12.0. The van der Waals surface area contributed by atoms with E-state index >= 15 is 0 Å². The van der Waals surface area contributed by atoms with E-state index in [1.165, 1.54) is 5.56 Å². The van der Waals surface area contributed by atoms with Crippen molar-refractivity contribution in [1.29, 1.82) is 0 Å². The van der Waals surface area contributed by atoms with Crippen molar-refractivity contribution < 1.29 is 18.0 Å². The Kier molecular flexibility index (Phi) is 11.9. The van der Waals surface area contributed by atoms with E-state index in [4.69, 9.17) is 18.0 Å². The minimum absolute atomic E-state index is 0.0963. The summed E-state index contributed by atoms with van der Waals surface area (Å²) >= 11 is 0. The van der Waals surface area contributed by atoms with Crippen molar-refractivity contribution in [2.24, 2.45) is 0 Å². The molecule has 0 aromatic heterocycles. The zero-order valence-electron chi connectivity index (χ0n) is 17.4. The molecule has 0 spiro atoms. The first kappa shape index (κ1) is 23.2. The van der Waals surface area contributed by atoms with Crippen LogP contribution in [0.25, 0.3) is 0 Å². The molecule has 4 nitrogen and oxygen atoms in total. The smallest absolute Gasteiger partial charge is 0.497 e. The van der Waals surface area contributed by atoms with Gasteiger partial charge in [-0.3, -0.25) is 0 Å². The summed E-state index contributed by atoms with van der Waals surface area (Å²) in [4.78, 5) is 0. The average Bonchev–Trinajstić information content (AvgIpc) is 2.67. The van der Waals surface area contributed by atoms with Crippen molar-refractivity contribution >= 4 is 8.80 Å². The molecule has 0 aliphatic carbocycles. The Morgan fingerprint density at radius 3 is 1.54 bits per heavy atom. The predicted octanol–water partition coefficient (Wildman–Crippen LogP) is 5.73. The monoisotopic (exact) mass is 382 g/mol. The van der Waals surface area contributed by atoms with E-state index in [1.54, 1.807) is 7.11 Å². The fourth-order valence-electron chi connectivity index (χ4n) is 2.67. The summed E-state index contributed by atoms with van der Waals surface area (Å²) in [5.74, 6) is 0.860. The van der Waals surface area contributed by atoms with Gasteiger partial charge >= 0.3 is 8.80 Å². The van der Waals surface area contributed by atoms with Crippen LogP contribution in [0.1, 0.15) is 77.3 Å². The molecule has 1 atom stereocenters. The molecule has 0 radical (unpaired) electrons. The summed E-state index contributed by atoms with van der Waals surface area (Å²) in [6.45, 7) is 10.8. The van der Waals surface area contributed by atoms with Crippen LogP contribution < -0.4 is 4.74 Å². The zero-order valence-corrected chi connectivity index (χ0v) is 18.4. The molecule has 0 fully saturated rings. The maximum atomic E-state index is 6.40. The van der Waals surface area contributed by atoms with Gasteiger partial charge in [-0.2, -0.15) is 0 Å². The molecule has 1 aromatic rings. The molecule has 150 valence electrons. The van der Waals surface area contributed by atoms with E-state index < -0.39 is 8.80 Å². The van der Waals surface area contributed by atoms with Crippen LogP contribution in [0.2, 0.25) is 0 Å². The van der Waals surface area contributed by atoms with E-state index in [1.807, 2.05) is 12.1 Å². The molecular weight excluding hydrogens is 344 g/mol. The van der Waals surface area contributed by atoms with Gasteiger partial charge in [0.25, 0.3) is 0 Å². The second-order valence-electron chi connectivity index (χ2n) is 6.70. The minimum Gasteiger partial charge on any atom is -0.497 e. The molecule has 0 saturated heterocycles. The normalized spacial score (nSPS) is 13.0. The second-order valence-corrected chi connectivity index (χ2v) is 9.64. The van der Waals surface area contributed by atoms with Gasteiger partial charge in [0.2, 0.25) is 0 Å². The Bertz CT molecular complexity index is 437. The van der Waals surface area contributed by atoms with Gasteiger partial charge in [0.05, 0.1) is 12.7 Å². The van der Waals surface area contributed by atoms with Crippen LogP contribution in [0.4, 0.5) is 0 Å². The van der Waals surface area contributed by atoms with Crippen LogP contribution in [0, 0.1) is 0 Å². The van der Waals surface area contributed by atoms with E-state index in [0.29, 0.717) is 19.8 Å². The number of benzene rings is 1. The molecule has 1 rings (SSSR count). The highest BCUT2D eigenvalue weighted by molar-refractivity contribution is 6.62. The van der Waals surface area contributed by atoms with Crippen LogP contribution in [-0.4, -0.2) is 35.7 Å². The summed E-state index contributed by atoms with van der Waals surface area (Å²) in [6, 6.07) is 8.19. The molecular formula is C21H38O4Si. The molecule has 0 N–H and O–H groups in total. The summed E-state index contributed by atoms with van der Waals surface area (Å²) in [6.07, 6.45) is 6.39. The van der Waals surface area contributed by atoms with Gasteiger partial charge in [-0.25, -0.2) is 0 Å². The summed E-state index contributed by atoms with van der Waals surface area (Å²) in [7, 11) is -1.13. The Morgan fingerprint density at radius 1 is 0.769 bits per heavy atom. The van der Waals surface area contributed by atoms with Crippen molar-refractivity contribution in [3.8, 4) is 5.75 Å². The SMILES string of the molecule is CCCCO[Si](OCCCC)(OCCCC)C(C)c1ccc(OC)cc1. The Balaban J connectivity index is 3.03. The number of ether oxygens (including phenoxy) is 1. The van der Waals surface area contributed by atoms with Crippen molar-refractivity contribution in [3.63, 3.8) is 0 Å². The number of rotatable bonds is 15. The molecule has 0 amide bonds. The van der Waals surface area contributed by atoms with Gasteiger partial charge in [-0.1, -0.05) is 59.1 Å². The van der Waals surface area contributed by atoms with Gasteiger partial charge < -0.3 is 18.0 Å². The fourth-order valence-corrected chi connectivity index (χ4v) is 5.56. The lowest BCUT2D eigenvalue weighted by atomic mass is 10.1. The fraction of sp³-hybridized carbons (Fsp3) is 0.714. The summed E-state index contributed by atoms with van der Waals surface area (Å²) in [5.41, 5.74) is 1.28. The molecule has 0 heterocycles. The molecule has 0 aliphatic rings. The largest absolute Gasteiger partial charge is 0.508 e. The number of methoxy groups -OCH3 is 1. The third-order valence-corrected chi connectivity index (χ3v) is 7.76. The number of unbranched alkanes of at least 4 members (excludes halogenated alkanes) is 3. The van der Waals surface area contributed by atoms with Crippen molar-refractivity contribution in [2.45, 2.75) is 71.8 Å². The third kappa shape index (κ3) is 7.39. The van der Waals surface area contributed by atoms with Crippen LogP contribution in [0.3, 0.4) is 0 Å². The average molecular weight is 383 g/mol. The van der Waals surface area contributed by atoms with E-state index in [0.717, 1.165) is 44.3 Å². The topological polar surface area (TPSA) is 36.9 Å². The van der Waals surface area contributed by atoms with Crippen LogP contribution in [-0.2, 0) is 13.3 Å². The van der Waals surface area contributed by atoms with Gasteiger partial charge in [0.1, 0.15) is 5.75 Å². The van der Waals surface area contributed by atoms with Crippen molar-refractivity contribution in [1.82, 2.24) is 0 Å². The predicted molar refractivity (Wildman–Crippen MR) is 110 cm³/mol. The Hall–Kier alpha value is -0.883. The molecule has 1 aromatic carbocycles. The summed E-state index contributed by atoms with van der Waals surface area (Å²) < 4.78 is 24.5. The molecule has 5 heteroatoms. The van der Waals surface area contributed by atoms with Crippen molar-refractivity contribution in [3.05, 3.63) is 29.8 Å². The maximum Gasteiger partial charge on any atom is 0.508 e. The molecule has 0 saturated carbocycles. The van der Waals surface area contributed by atoms with Gasteiger partial charge in [0, 0.05) is 19.8 Å². The van der Waals surface area contributed by atoms with Gasteiger partial charge in [0.15, 0.2) is 0 Å². The standard InChI is InChI=1S/C21H38O4Si/c1-6-9-16-23-26(24-17-10-7-2,25-18-11-8-3)19(4)20-12-14-21(22-5)15-13-20/h12-15,19H,6-11,16-18H2,1-5H3. The van der Waals surface area contributed by atoms with Gasteiger partial charge in [-0.05, 0) is 37.0 Å². The van der Waals surface area contributed by atoms with E-state index in [2.05, 4.69) is 39.8 Å². The highest BCUT2D eigenvalue weighted by atomic mass is 28.4. The number of hydrogen-bond donors (Lipinski definition) is 0. The van der Waals surface area contributed by atoms with Gasteiger partial charge in [-0.15, -0.1) is 0 Å². The third-order valence-electron chi connectivity index (χ3n) is 4.55. The highest BCUT2D eigenvalue weighted by Gasteiger charge is 2.48. The molecule has 0 bridgehead atoms. The molecule has 1 unspecified atom stereocenters. The van der Waals surface area contributed by atoms with Crippen LogP contribution in [0.15, 0.2) is 24.3 Å². The lowest BCUT2D eigenvalue weighted by molar-refractivity contribution is 0.0488. The lowest BCUT2D eigenvalue weighted by Crippen LogP contribution is -2.51. The maximum absolute atomic E-state index is 6.40. The van der Waals surface area contributed by atoms with Crippen molar-refractivity contribution in [2.75, 3.05) is 26.9 Å². The van der Waals surface area contributed by atoms with Crippen LogP contribution >= 0.6 is 0 Å². The second kappa shape index (κ2) is 13.3. The highest BCUT2D eigenvalue weighted by Crippen LogP contribution is 2.31. The quantitative estimate of drug-likeness (QED) is 0.287. The number of hydrogen-bond acceptors (Lipinski definition) is 4. The Morgan fingerprint density at radius 2 is 1.19 bits per heavy atom. The molecule has 0 aliphatic heterocycles. The van der Waals surface area contributed by atoms with E-state index in [-0.39, 0.29) is 5.54 Å². The molecule has 26 heavy (non-hydrogen) atoms. The minimum atomic E-state index is -2.82. The first-order valence-electron chi connectivity index (χ1n) is 10.2. The lowest BCUT2D eigenvalue weighted by Gasteiger charge is -2.35. The van der Waals surface area contributed by atoms with E-state index in [9.17, 15) is 0 Å². The van der Waals surface area contributed by atoms with Crippen LogP contribution in [0.5, 0.6) is 5.75 Å². The Labute approximate surface area is 161 Å². The summed E-state index contributed by atoms with van der Waals surface area (Å²) in [5, 5.41) is 0.